The predicted molar refractivity (Wildman–Crippen MR) is 59.0 cm³/mol. The molecule has 0 saturated carbocycles. The molecule has 16 heavy (non-hydrogen) atoms. The lowest BCUT2D eigenvalue weighted by molar-refractivity contribution is 0.995. The Kier molecular flexibility index (Phi) is 3.04. The number of halogens is 2. The number of pyridine rings is 1. The Morgan fingerprint density at radius 2 is 2.25 bits per heavy atom. The molecule has 0 aromatic carbocycles. The molecule has 80 valence electrons. The van der Waals surface area contributed by atoms with Crippen LogP contribution in [0.3, 0.4) is 0 Å². The van der Waals surface area contributed by atoms with Crippen LogP contribution in [0.2, 0.25) is 10.0 Å². The number of nitrogens with one attached hydrogen (secondary N) is 1. The van der Waals surface area contributed by atoms with Crippen molar-refractivity contribution < 1.29 is 0 Å². The van der Waals surface area contributed by atoms with Crippen molar-refractivity contribution in [1.82, 2.24) is 20.2 Å². The molecule has 0 atom stereocenters. The summed E-state index contributed by atoms with van der Waals surface area (Å²) in [5, 5.41) is 15.9. The Morgan fingerprint density at radius 3 is 2.94 bits per heavy atom. The Hall–Kier alpha value is -1.64. The molecule has 2 aromatic heterocycles. The van der Waals surface area contributed by atoms with Crippen molar-refractivity contribution in [2.75, 3.05) is 0 Å². The van der Waals surface area contributed by atoms with E-state index in [4.69, 9.17) is 28.5 Å². The summed E-state index contributed by atoms with van der Waals surface area (Å²) in [6.07, 6.45) is 1.63. The van der Waals surface area contributed by atoms with Crippen molar-refractivity contribution in [3.05, 3.63) is 28.1 Å². The maximum atomic E-state index is 8.49. The highest BCUT2D eigenvalue weighted by Gasteiger charge is 2.11. The molecule has 0 saturated heterocycles. The van der Waals surface area contributed by atoms with E-state index in [0.717, 1.165) is 0 Å². The van der Waals surface area contributed by atoms with Crippen molar-refractivity contribution >= 4 is 23.2 Å². The van der Waals surface area contributed by atoms with Gasteiger partial charge in [0.1, 0.15) is 11.5 Å². The predicted octanol–water partition coefficient (Wildman–Crippen LogP) is 2.24. The number of aromatic amines is 1. The van der Waals surface area contributed by atoms with Crippen molar-refractivity contribution in [2.45, 2.75) is 6.42 Å². The summed E-state index contributed by atoms with van der Waals surface area (Å²) in [6.45, 7) is 0. The molecule has 0 spiro atoms. The third kappa shape index (κ3) is 2.13. The highest BCUT2D eigenvalue weighted by molar-refractivity contribution is 6.35. The molecule has 0 unspecified atom stereocenters. The third-order valence-corrected chi connectivity index (χ3v) is 2.29. The summed E-state index contributed by atoms with van der Waals surface area (Å²) in [5.41, 5.74) is 0.437. The average molecular weight is 254 g/mol. The summed E-state index contributed by atoms with van der Waals surface area (Å²) in [4.78, 5) is 8.11. The molecule has 0 fully saturated rings. The number of aromatic nitrogens is 4. The van der Waals surface area contributed by atoms with Crippen LogP contribution < -0.4 is 0 Å². The van der Waals surface area contributed by atoms with Crippen LogP contribution in [0.1, 0.15) is 5.82 Å². The second-order valence-corrected chi connectivity index (χ2v) is 3.77. The lowest BCUT2D eigenvalue weighted by atomic mass is 10.3. The Balaban J connectivity index is 2.39. The van der Waals surface area contributed by atoms with E-state index >= 15 is 0 Å². The first-order valence-electron chi connectivity index (χ1n) is 4.30. The molecule has 1 N–H and O–H groups in total. The van der Waals surface area contributed by atoms with E-state index < -0.39 is 0 Å². The molecular formula is C9H5Cl2N5. The standard InChI is InChI=1S/C9H5Cl2N5/c10-5-3-6(11)8(13-4-5)9-14-7(1-2-12)15-16-9/h3-4H,1H2,(H,14,15,16). The molecule has 5 nitrogen and oxygen atoms in total. The topological polar surface area (TPSA) is 78.2 Å². The van der Waals surface area contributed by atoms with Gasteiger partial charge in [0, 0.05) is 6.20 Å². The fraction of sp³-hybridized carbons (Fsp3) is 0.111. The first-order chi connectivity index (χ1) is 7.70. The van der Waals surface area contributed by atoms with Crippen LogP contribution in [-0.4, -0.2) is 20.2 Å². The van der Waals surface area contributed by atoms with Gasteiger partial charge in [-0.15, -0.1) is 0 Å². The molecule has 7 heteroatoms. The van der Waals surface area contributed by atoms with Crippen LogP contribution in [0, 0.1) is 11.3 Å². The van der Waals surface area contributed by atoms with Crippen molar-refractivity contribution in [1.29, 1.82) is 5.26 Å². The number of H-pyrrole nitrogens is 1. The lowest BCUT2D eigenvalue weighted by Crippen LogP contribution is -1.88. The Labute approximate surface area is 101 Å². The average Bonchev–Trinajstić information content (AvgIpc) is 2.67. The van der Waals surface area contributed by atoms with Crippen molar-refractivity contribution in [2.24, 2.45) is 0 Å². The first kappa shape index (κ1) is 10.9. The van der Waals surface area contributed by atoms with E-state index in [0.29, 0.717) is 27.4 Å². The maximum Gasteiger partial charge on any atom is 0.201 e. The minimum atomic E-state index is 0.165. The number of nitriles is 1. The second kappa shape index (κ2) is 4.47. The van der Waals surface area contributed by atoms with Crippen LogP contribution in [0.5, 0.6) is 0 Å². The fourth-order valence-electron chi connectivity index (χ4n) is 1.13. The maximum absolute atomic E-state index is 8.49. The van der Waals surface area contributed by atoms with Gasteiger partial charge in [-0.3, -0.25) is 5.10 Å². The van der Waals surface area contributed by atoms with Crippen molar-refractivity contribution in [3.8, 4) is 17.6 Å². The molecule has 0 aliphatic rings. The Morgan fingerprint density at radius 1 is 1.44 bits per heavy atom. The van der Waals surface area contributed by atoms with Gasteiger partial charge in [-0.25, -0.2) is 9.97 Å². The molecule has 0 aliphatic heterocycles. The third-order valence-electron chi connectivity index (χ3n) is 1.80. The minimum absolute atomic E-state index is 0.165. The van der Waals surface area contributed by atoms with Gasteiger partial charge in [0.25, 0.3) is 0 Å². The van der Waals surface area contributed by atoms with Crippen LogP contribution in [0.4, 0.5) is 0 Å². The molecule has 2 aromatic rings. The van der Waals surface area contributed by atoms with Gasteiger partial charge in [-0.1, -0.05) is 23.2 Å². The summed E-state index contributed by atoms with van der Waals surface area (Å²) in [5.74, 6) is 0.831. The van der Waals surface area contributed by atoms with E-state index in [2.05, 4.69) is 20.2 Å². The summed E-state index contributed by atoms with van der Waals surface area (Å²) in [7, 11) is 0. The zero-order valence-corrected chi connectivity index (χ0v) is 9.42. The molecule has 0 bridgehead atoms. The largest absolute Gasteiger partial charge is 0.262 e. The first-order valence-corrected chi connectivity index (χ1v) is 5.06. The summed E-state index contributed by atoms with van der Waals surface area (Å²) in [6, 6.07) is 3.53. The molecule has 0 aliphatic carbocycles. The smallest absolute Gasteiger partial charge is 0.201 e. The number of hydrogen-bond acceptors (Lipinski definition) is 4. The van der Waals surface area contributed by atoms with E-state index in [1.807, 2.05) is 6.07 Å². The zero-order valence-electron chi connectivity index (χ0n) is 7.91. The highest BCUT2D eigenvalue weighted by Crippen LogP contribution is 2.25. The van der Waals surface area contributed by atoms with Gasteiger partial charge in [-0.05, 0) is 6.07 Å². The molecule has 0 radical (unpaired) electrons. The van der Waals surface area contributed by atoms with Crippen LogP contribution in [0.15, 0.2) is 12.3 Å². The van der Waals surface area contributed by atoms with Crippen molar-refractivity contribution in [3.63, 3.8) is 0 Å². The second-order valence-electron chi connectivity index (χ2n) is 2.92. The number of hydrogen-bond donors (Lipinski definition) is 1. The summed E-state index contributed by atoms with van der Waals surface area (Å²) >= 11 is 11.7. The number of nitrogens with zero attached hydrogens (tertiary/aromatic N) is 4. The highest BCUT2D eigenvalue weighted by atomic mass is 35.5. The van der Waals surface area contributed by atoms with Gasteiger partial charge < -0.3 is 0 Å². The van der Waals surface area contributed by atoms with Crippen LogP contribution >= 0.6 is 23.2 Å². The van der Waals surface area contributed by atoms with E-state index in [1.165, 1.54) is 6.20 Å². The molecule has 2 heterocycles. The Bertz CT molecular complexity index is 557. The van der Waals surface area contributed by atoms with E-state index in [1.54, 1.807) is 6.07 Å². The quantitative estimate of drug-likeness (QED) is 0.891. The molecule has 2 rings (SSSR count). The van der Waals surface area contributed by atoms with Gasteiger partial charge in [0.05, 0.1) is 22.5 Å². The van der Waals surface area contributed by atoms with Gasteiger partial charge >= 0.3 is 0 Å². The lowest BCUT2D eigenvalue weighted by Gasteiger charge is -1.97. The van der Waals surface area contributed by atoms with Crippen LogP contribution in [-0.2, 0) is 6.42 Å². The summed E-state index contributed by atoms with van der Waals surface area (Å²) < 4.78 is 0. The molecular weight excluding hydrogens is 249 g/mol. The molecule has 0 amide bonds. The normalized spacial score (nSPS) is 10.1. The van der Waals surface area contributed by atoms with Gasteiger partial charge in [0.2, 0.25) is 5.82 Å². The number of rotatable bonds is 2. The van der Waals surface area contributed by atoms with E-state index in [9.17, 15) is 0 Å². The van der Waals surface area contributed by atoms with E-state index in [-0.39, 0.29) is 6.42 Å². The fourth-order valence-corrected chi connectivity index (χ4v) is 1.60. The SMILES string of the molecule is N#CCc1nc(-c2ncc(Cl)cc2Cl)n[nH]1. The minimum Gasteiger partial charge on any atom is -0.262 e. The van der Waals surface area contributed by atoms with Gasteiger partial charge in [-0.2, -0.15) is 10.4 Å². The monoisotopic (exact) mass is 253 g/mol. The zero-order chi connectivity index (χ0) is 11.5. The van der Waals surface area contributed by atoms with Gasteiger partial charge in [0.15, 0.2) is 0 Å². The van der Waals surface area contributed by atoms with Crippen LogP contribution in [0.25, 0.3) is 11.5 Å².